The van der Waals surface area contributed by atoms with Gasteiger partial charge in [0.2, 0.25) is 5.91 Å². The lowest BCUT2D eigenvalue weighted by Gasteiger charge is -2.11. The Balaban J connectivity index is 1.45. The lowest BCUT2D eigenvalue weighted by atomic mass is 10.1. The third-order valence-electron chi connectivity index (χ3n) is 4.95. The van der Waals surface area contributed by atoms with E-state index in [1.54, 1.807) is 21.3 Å². The zero-order valence-corrected chi connectivity index (χ0v) is 16.1. The molecule has 0 aliphatic carbocycles. The molecule has 148 valence electrons. The van der Waals surface area contributed by atoms with Gasteiger partial charge in [-0.15, -0.1) is 0 Å². The van der Waals surface area contributed by atoms with Gasteiger partial charge >= 0.3 is 5.97 Å². The van der Waals surface area contributed by atoms with Crippen molar-refractivity contribution in [1.29, 1.82) is 0 Å². The van der Waals surface area contributed by atoms with Crippen LogP contribution in [0.4, 0.5) is 5.69 Å². The second-order valence-electron chi connectivity index (χ2n) is 6.89. The molecule has 2 N–H and O–H groups in total. The predicted octanol–water partition coefficient (Wildman–Crippen LogP) is 2.35. The van der Waals surface area contributed by atoms with Gasteiger partial charge in [-0.1, -0.05) is 0 Å². The van der Waals surface area contributed by atoms with E-state index in [-0.39, 0.29) is 12.5 Å². The van der Waals surface area contributed by atoms with Crippen LogP contribution in [0.5, 0.6) is 0 Å². The molecule has 0 atom stereocenters. The number of benzene rings is 1. The molecule has 0 saturated carbocycles. The predicted molar refractivity (Wildman–Crippen MR) is 107 cm³/mol. The lowest BCUT2D eigenvalue weighted by molar-refractivity contribution is -0.137. The molecular formula is C20H20N6O3. The number of carbonyl (C=O) groups excluding carboxylic acids is 1. The number of aliphatic carboxylic acids is 1. The van der Waals surface area contributed by atoms with Crippen LogP contribution in [0.3, 0.4) is 0 Å². The number of fused-ring (bicyclic) bond motifs is 2. The summed E-state index contributed by atoms with van der Waals surface area (Å²) in [5.41, 5.74) is 4.24. The van der Waals surface area contributed by atoms with Crippen molar-refractivity contribution < 1.29 is 14.7 Å². The van der Waals surface area contributed by atoms with E-state index in [0.29, 0.717) is 24.3 Å². The molecule has 9 heteroatoms. The molecule has 0 saturated heterocycles. The maximum atomic E-state index is 12.5. The number of anilines is 1. The van der Waals surface area contributed by atoms with Crippen molar-refractivity contribution >= 4 is 34.2 Å². The van der Waals surface area contributed by atoms with Crippen LogP contribution in [-0.4, -0.2) is 41.1 Å². The number of amides is 1. The molecule has 0 aliphatic heterocycles. The van der Waals surface area contributed by atoms with Crippen molar-refractivity contribution in [2.75, 3.05) is 5.32 Å². The number of carbonyl (C=O) groups is 2. The topological polar surface area (TPSA) is 114 Å². The van der Waals surface area contributed by atoms with Gasteiger partial charge in [0.1, 0.15) is 12.9 Å². The molecule has 4 aromatic rings. The fourth-order valence-corrected chi connectivity index (χ4v) is 3.54. The van der Waals surface area contributed by atoms with Gasteiger partial charge in [-0.05, 0) is 50.1 Å². The number of aryl methyl sites for hydroxylation is 2. The molecule has 9 nitrogen and oxygen atoms in total. The zero-order chi connectivity index (χ0) is 20.5. The summed E-state index contributed by atoms with van der Waals surface area (Å²) in [6.45, 7) is 3.75. The van der Waals surface area contributed by atoms with E-state index in [1.807, 2.05) is 32.0 Å². The van der Waals surface area contributed by atoms with Crippen LogP contribution in [0.2, 0.25) is 0 Å². The van der Waals surface area contributed by atoms with E-state index < -0.39 is 5.97 Å². The van der Waals surface area contributed by atoms with Crippen LogP contribution in [-0.2, 0) is 22.6 Å². The number of carboxylic acids is 1. The molecule has 3 aromatic heterocycles. The van der Waals surface area contributed by atoms with E-state index in [0.717, 1.165) is 27.9 Å². The summed E-state index contributed by atoms with van der Waals surface area (Å²) in [4.78, 5) is 31.9. The Bertz CT molecular complexity index is 1240. The summed E-state index contributed by atoms with van der Waals surface area (Å²) < 4.78 is 3.33. The van der Waals surface area contributed by atoms with Crippen molar-refractivity contribution in [2.45, 2.75) is 33.2 Å². The highest BCUT2D eigenvalue weighted by Gasteiger charge is 2.13. The van der Waals surface area contributed by atoms with Crippen LogP contribution >= 0.6 is 0 Å². The second-order valence-corrected chi connectivity index (χ2v) is 6.89. The number of hydrogen-bond acceptors (Lipinski definition) is 5. The Morgan fingerprint density at radius 1 is 1.21 bits per heavy atom. The summed E-state index contributed by atoms with van der Waals surface area (Å²) in [5, 5.41) is 16.9. The van der Waals surface area contributed by atoms with Crippen LogP contribution in [0.25, 0.3) is 16.7 Å². The minimum atomic E-state index is -0.899. The molecule has 0 radical (unpaired) electrons. The highest BCUT2D eigenvalue weighted by molar-refractivity contribution is 5.94. The molecule has 3 heterocycles. The van der Waals surface area contributed by atoms with Crippen molar-refractivity contribution in [3.05, 3.63) is 53.7 Å². The SMILES string of the molecule is Cc1nc2ncnn2c(C)c1CCC(=O)Nc1ccc2c(ccn2CC(=O)O)c1. The molecular weight excluding hydrogens is 372 g/mol. The van der Waals surface area contributed by atoms with Gasteiger partial charge in [0.15, 0.2) is 0 Å². The van der Waals surface area contributed by atoms with Crippen molar-refractivity contribution in [3.63, 3.8) is 0 Å². The third kappa shape index (κ3) is 3.66. The monoisotopic (exact) mass is 392 g/mol. The number of carboxylic acid groups (broad SMARTS) is 1. The van der Waals surface area contributed by atoms with Crippen molar-refractivity contribution in [3.8, 4) is 0 Å². The van der Waals surface area contributed by atoms with E-state index in [4.69, 9.17) is 5.11 Å². The molecule has 0 bridgehead atoms. The lowest BCUT2D eigenvalue weighted by Crippen LogP contribution is -2.14. The van der Waals surface area contributed by atoms with E-state index in [9.17, 15) is 9.59 Å². The number of hydrogen-bond donors (Lipinski definition) is 2. The first-order valence-corrected chi connectivity index (χ1v) is 9.19. The van der Waals surface area contributed by atoms with Crippen LogP contribution in [0.15, 0.2) is 36.8 Å². The van der Waals surface area contributed by atoms with Gasteiger partial charge in [-0.2, -0.15) is 10.1 Å². The number of aromatic nitrogens is 5. The second kappa shape index (κ2) is 7.34. The third-order valence-corrected chi connectivity index (χ3v) is 4.95. The maximum absolute atomic E-state index is 12.5. The van der Waals surface area contributed by atoms with E-state index in [2.05, 4.69) is 20.4 Å². The largest absolute Gasteiger partial charge is 0.480 e. The molecule has 4 rings (SSSR count). The molecule has 0 unspecified atom stereocenters. The van der Waals surface area contributed by atoms with Gasteiger partial charge in [-0.3, -0.25) is 9.59 Å². The quantitative estimate of drug-likeness (QED) is 0.521. The van der Waals surface area contributed by atoms with Crippen LogP contribution < -0.4 is 5.32 Å². The van der Waals surface area contributed by atoms with Gasteiger partial charge < -0.3 is 15.0 Å². The minimum absolute atomic E-state index is 0.0991. The molecule has 0 aliphatic rings. The summed E-state index contributed by atoms with van der Waals surface area (Å²) in [6, 6.07) is 7.26. The summed E-state index contributed by atoms with van der Waals surface area (Å²) in [5.74, 6) is -0.452. The smallest absolute Gasteiger partial charge is 0.323 e. The van der Waals surface area contributed by atoms with Gasteiger partial charge in [0.05, 0.1) is 0 Å². The van der Waals surface area contributed by atoms with Gasteiger partial charge in [0, 0.05) is 40.6 Å². The highest BCUT2D eigenvalue weighted by atomic mass is 16.4. The standard InChI is InChI=1S/C20H20N6O3/c1-12-16(13(2)26-20(23-12)21-11-22-26)4-6-18(27)24-15-3-5-17-14(9-15)7-8-25(17)10-19(28)29/h3,5,7-9,11H,4,6,10H2,1-2H3,(H,24,27)(H,28,29). The van der Waals surface area contributed by atoms with E-state index in [1.165, 1.54) is 6.33 Å². The summed E-state index contributed by atoms with van der Waals surface area (Å²) >= 11 is 0. The van der Waals surface area contributed by atoms with E-state index >= 15 is 0 Å². The highest BCUT2D eigenvalue weighted by Crippen LogP contribution is 2.21. The fraction of sp³-hybridized carbons (Fsp3) is 0.250. The molecule has 1 amide bonds. The Morgan fingerprint density at radius 3 is 2.83 bits per heavy atom. The Labute approximate surface area is 166 Å². The van der Waals surface area contributed by atoms with Crippen molar-refractivity contribution in [1.82, 2.24) is 24.1 Å². The van der Waals surface area contributed by atoms with Crippen molar-refractivity contribution in [2.24, 2.45) is 0 Å². The Kier molecular flexibility index (Phi) is 4.71. The first kappa shape index (κ1) is 18.6. The Hall–Kier alpha value is -3.75. The fourth-order valence-electron chi connectivity index (χ4n) is 3.54. The average molecular weight is 392 g/mol. The first-order chi connectivity index (χ1) is 13.9. The van der Waals surface area contributed by atoms with Crippen LogP contribution in [0, 0.1) is 13.8 Å². The minimum Gasteiger partial charge on any atom is -0.480 e. The molecule has 29 heavy (non-hydrogen) atoms. The van der Waals surface area contributed by atoms with Gasteiger partial charge in [0.25, 0.3) is 5.78 Å². The molecule has 1 aromatic carbocycles. The van der Waals surface area contributed by atoms with Gasteiger partial charge in [-0.25, -0.2) is 9.50 Å². The summed E-state index contributed by atoms with van der Waals surface area (Å²) in [7, 11) is 0. The molecule has 0 fully saturated rings. The average Bonchev–Trinajstić information content (AvgIpc) is 3.28. The maximum Gasteiger partial charge on any atom is 0.323 e. The molecule has 0 spiro atoms. The van der Waals surface area contributed by atoms with Crippen LogP contribution in [0.1, 0.15) is 23.4 Å². The number of rotatable bonds is 6. The number of nitrogens with one attached hydrogen (secondary N) is 1. The summed E-state index contributed by atoms with van der Waals surface area (Å²) in [6.07, 6.45) is 4.04. The Morgan fingerprint density at radius 2 is 2.03 bits per heavy atom. The number of nitrogens with zero attached hydrogens (tertiary/aromatic N) is 5. The normalized spacial score (nSPS) is 11.2. The zero-order valence-electron chi connectivity index (χ0n) is 16.1. The first-order valence-electron chi connectivity index (χ1n) is 9.19.